The van der Waals surface area contributed by atoms with Gasteiger partial charge in [-0.05, 0) is 66.8 Å². The number of nitriles is 1. The average molecular weight is 591 g/mol. The molecule has 0 saturated heterocycles. The van der Waals surface area contributed by atoms with Crippen LogP contribution in [0.4, 0.5) is 10.5 Å². The van der Waals surface area contributed by atoms with E-state index in [1.54, 1.807) is 39.0 Å². The molecule has 0 radical (unpaired) electrons. The van der Waals surface area contributed by atoms with Crippen molar-refractivity contribution in [3.8, 4) is 6.07 Å². The molecule has 8 heteroatoms. The molecule has 3 amide bonds. The number of anilines is 1. The lowest BCUT2D eigenvalue weighted by atomic mass is 9.99. The number of hydrogen-bond donors (Lipinski definition) is 2. The standard InChI is InChI=1S/C36H38N4O4/c1-5-25-15-17-28(18-16-25)32(33(41)38-30-20-19-27-13-9-10-14-29(27)24-30)40(22-21-37)34(42)31(23-26-11-7-6-8-12-26)39-35(43)44-36(2,3)4/h6-20,24,31-32H,5,22-23H2,1-4H3,(H,38,41)(H,39,43). The van der Waals surface area contributed by atoms with Gasteiger partial charge in [0.05, 0.1) is 6.07 Å². The summed E-state index contributed by atoms with van der Waals surface area (Å²) in [5.41, 5.74) is 2.17. The number of rotatable bonds is 10. The van der Waals surface area contributed by atoms with Crippen LogP contribution in [0.1, 0.15) is 50.4 Å². The molecule has 0 fully saturated rings. The molecule has 0 bridgehead atoms. The molecule has 0 spiro atoms. The Balaban J connectivity index is 1.73. The second kappa shape index (κ2) is 14.3. The molecule has 4 aromatic carbocycles. The van der Waals surface area contributed by atoms with Crippen molar-refractivity contribution in [1.29, 1.82) is 5.26 Å². The van der Waals surface area contributed by atoms with Crippen molar-refractivity contribution in [1.82, 2.24) is 10.2 Å². The van der Waals surface area contributed by atoms with Gasteiger partial charge in [0.1, 0.15) is 24.2 Å². The van der Waals surface area contributed by atoms with E-state index < -0.39 is 35.6 Å². The highest BCUT2D eigenvalue weighted by Gasteiger charge is 2.36. The van der Waals surface area contributed by atoms with Gasteiger partial charge in [-0.2, -0.15) is 5.26 Å². The van der Waals surface area contributed by atoms with E-state index in [0.29, 0.717) is 11.3 Å². The second-order valence-electron chi connectivity index (χ2n) is 11.6. The quantitative estimate of drug-likeness (QED) is 0.203. The third-order valence-corrected chi connectivity index (χ3v) is 7.08. The molecule has 0 aliphatic heterocycles. The number of benzene rings is 4. The fraction of sp³-hybridized carbons (Fsp3) is 0.278. The zero-order valence-corrected chi connectivity index (χ0v) is 25.5. The van der Waals surface area contributed by atoms with Crippen LogP contribution in [0.15, 0.2) is 97.1 Å². The summed E-state index contributed by atoms with van der Waals surface area (Å²) < 4.78 is 5.46. The summed E-state index contributed by atoms with van der Waals surface area (Å²) in [6.45, 7) is 6.84. The van der Waals surface area contributed by atoms with Crippen molar-refractivity contribution in [2.24, 2.45) is 0 Å². The SMILES string of the molecule is CCc1ccc(C(C(=O)Nc2ccc3ccccc3c2)N(CC#N)C(=O)C(Cc2ccccc2)NC(=O)OC(C)(C)C)cc1. The topological polar surface area (TPSA) is 112 Å². The fourth-order valence-electron chi connectivity index (χ4n) is 4.96. The predicted octanol–water partition coefficient (Wildman–Crippen LogP) is 6.57. The first kappa shape index (κ1) is 31.8. The second-order valence-corrected chi connectivity index (χ2v) is 11.6. The molecule has 2 N–H and O–H groups in total. The van der Waals surface area contributed by atoms with E-state index in [-0.39, 0.29) is 13.0 Å². The highest BCUT2D eigenvalue weighted by atomic mass is 16.6. The smallest absolute Gasteiger partial charge is 0.408 e. The van der Waals surface area contributed by atoms with Crippen LogP contribution in [0, 0.1) is 11.3 Å². The highest BCUT2D eigenvalue weighted by Crippen LogP contribution is 2.27. The van der Waals surface area contributed by atoms with Crippen molar-refractivity contribution in [3.63, 3.8) is 0 Å². The van der Waals surface area contributed by atoms with Crippen LogP contribution in [-0.2, 0) is 27.2 Å². The number of nitrogens with one attached hydrogen (secondary N) is 2. The number of alkyl carbamates (subject to hydrolysis) is 1. The molecular formula is C36H38N4O4. The summed E-state index contributed by atoms with van der Waals surface area (Å²) >= 11 is 0. The monoisotopic (exact) mass is 590 g/mol. The predicted molar refractivity (Wildman–Crippen MR) is 172 cm³/mol. The number of aryl methyl sites for hydroxylation is 1. The largest absolute Gasteiger partial charge is 0.444 e. The van der Waals surface area contributed by atoms with E-state index in [9.17, 15) is 19.6 Å². The Hall–Kier alpha value is -5.16. The van der Waals surface area contributed by atoms with Crippen LogP contribution in [0.5, 0.6) is 0 Å². The average Bonchev–Trinajstić information content (AvgIpc) is 3.00. The minimum Gasteiger partial charge on any atom is -0.444 e. The normalized spacial score (nSPS) is 12.4. The van der Waals surface area contributed by atoms with Crippen molar-refractivity contribution in [3.05, 3.63) is 114 Å². The van der Waals surface area contributed by atoms with E-state index in [0.717, 1.165) is 28.3 Å². The summed E-state index contributed by atoms with van der Waals surface area (Å²) in [5.74, 6) is -1.07. The van der Waals surface area contributed by atoms with Gasteiger partial charge < -0.3 is 20.3 Å². The fourth-order valence-corrected chi connectivity index (χ4v) is 4.96. The highest BCUT2D eigenvalue weighted by molar-refractivity contribution is 6.00. The number of ether oxygens (including phenoxy) is 1. The van der Waals surface area contributed by atoms with Gasteiger partial charge in [-0.1, -0.05) is 91.9 Å². The van der Waals surface area contributed by atoms with Crippen molar-refractivity contribution in [2.45, 2.75) is 58.2 Å². The van der Waals surface area contributed by atoms with Gasteiger partial charge >= 0.3 is 6.09 Å². The minimum absolute atomic E-state index is 0.134. The van der Waals surface area contributed by atoms with Crippen LogP contribution in [-0.4, -0.2) is 41.0 Å². The molecule has 44 heavy (non-hydrogen) atoms. The summed E-state index contributed by atoms with van der Waals surface area (Å²) in [4.78, 5) is 42.5. The number of nitrogens with zero attached hydrogens (tertiary/aromatic N) is 2. The van der Waals surface area contributed by atoms with E-state index in [4.69, 9.17) is 4.74 Å². The molecule has 0 aromatic heterocycles. The van der Waals surface area contributed by atoms with Gasteiger partial charge in [0.25, 0.3) is 5.91 Å². The first-order chi connectivity index (χ1) is 21.1. The first-order valence-electron chi connectivity index (χ1n) is 14.7. The lowest BCUT2D eigenvalue weighted by molar-refractivity contribution is -0.140. The van der Waals surface area contributed by atoms with Gasteiger partial charge in [0.15, 0.2) is 0 Å². The van der Waals surface area contributed by atoms with Crippen LogP contribution in [0.2, 0.25) is 0 Å². The van der Waals surface area contributed by atoms with E-state index in [1.165, 1.54) is 4.90 Å². The summed E-state index contributed by atoms with van der Waals surface area (Å²) in [5, 5.41) is 17.5. The van der Waals surface area contributed by atoms with Gasteiger partial charge in [0, 0.05) is 12.1 Å². The van der Waals surface area contributed by atoms with Gasteiger partial charge in [-0.25, -0.2) is 4.79 Å². The van der Waals surface area contributed by atoms with Crippen LogP contribution >= 0.6 is 0 Å². The zero-order valence-electron chi connectivity index (χ0n) is 25.5. The molecule has 0 saturated carbocycles. The number of amides is 3. The zero-order chi connectivity index (χ0) is 31.7. The molecule has 2 unspecified atom stereocenters. The van der Waals surface area contributed by atoms with E-state index >= 15 is 0 Å². The Labute approximate surface area is 258 Å². The summed E-state index contributed by atoms with van der Waals surface area (Å²) in [6.07, 6.45) is 0.163. The molecule has 2 atom stereocenters. The Bertz CT molecular complexity index is 1640. The number of fused-ring (bicyclic) bond motifs is 1. The molecular weight excluding hydrogens is 552 g/mol. The van der Waals surface area contributed by atoms with Crippen molar-refractivity contribution >= 4 is 34.4 Å². The maximum atomic E-state index is 14.3. The molecule has 226 valence electrons. The Morgan fingerprint density at radius 1 is 0.864 bits per heavy atom. The van der Waals surface area contributed by atoms with E-state index in [1.807, 2.05) is 85.8 Å². The first-order valence-corrected chi connectivity index (χ1v) is 14.7. The van der Waals surface area contributed by atoms with Crippen molar-refractivity contribution < 1.29 is 19.1 Å². The Morgan fingerprint density at radius 3 is 2.16 bits per heavy atom. The maximum absolute atomic E-state index is 14.3. The third kappa shape index (κ3) is 8.45. The van der Waals surface area contributed by atoms with Gasteiger partial charge in [-0.15, -0.1) is 0 Å². The summed E-state index contributed by atoms with van der Waals surface area (Å²) in [7, 11) is 0. The number of carbonyl (C=O) groups is 3. The van der Waals surface area contributed by atoms with Crippen LogP contribution in [0.3, 0.4) is 0 Å². The van der Waals surface area contributed by atoms with Gasteiger partial charge in [-0.3, -0.25) is 9.59 Å². The Kier molecular flexibility index (Phi) is 10.4. The molecule has 0 aliphatic carbocycles. The third-order valence-electron chi connectivity index (χ3n) is 7.08. The van der Waals surface area contributed by atoms with Crippen molar-refractivity contribution in [2.75, 3.05) is 11.9 Å². The minimum atomic E-state index is -1.15. The number of carbonyl (C=O) groups excluding carboxylic acids is 3. The lowest BCUT2D eigenvalue weighted by Gasteiger charge is -2.33. The Morgan fingerprint density at radius 2 is 1.52 bits per heavy atom. The molecule has 0 aliphatic rings. The molecule has 0 heterocycles. The molecule has 8 nitrogen and oxygen atoms in total. The molecule has 4 aromatic rings. The lowest BCUT2D eigenvalue weighted by Crippen LogP contribution is -2.53. The van der Waals surface area contributed by atoms with E-state index in [2.05, 4.69) is 16.7 Å². The molecule has 4 rings (SSSR count). The van der Waals surface area contributed by atoms with Crippen LogP contribution < -0.4 is 10.6 Å². The summed E-state index contributed by atoms with van der Waals surface area (Å²) in [6, 6.07) is 29.8. The van der Waals surface area contributed by atoms with Crippen LogP contribution in [0.25, 0.3) is 10.8 Å². The maximum Gasteiger partial charge on any atom is 0.408 e. The van der Waals surface area contributed by atoms with Gasteiger partial charge in [0.2, 0.25) is 5.91 Å². The number of hydrogen-bond acceptors (Lipinski definition) is 5.